The van der Waals surface area contributed by atoms with E-state index in [0.29, 0.717) is 13.2 Å². The molecule has 15 heavy (non-hydrogen) atoms. The topological polar surface area (TPSA) is 61.3 Å². The molecule has 1 aromatic rings. The van der Waals surface area contributed by atoms with E-state index in [4.69, 9.17) is 16.2 Å². The minimum Gasteiger partial charge on any atom is -0.493 e. The molecule has 1 atom stereocenters. The maximum atomic E-state index is 5.77. The molecule has 3 nitrogen and oxygen atoms in total. The molecule has 84 valence electrons. The summed E-state index contributed by atoms with van der Waals surface area (Å²) in [6.45, 7) is 3.33. The Morgan fingerprint density at radius 3 is 2.73 bits per heavy atom. The van der Waals surface area contributed by atoms with E-state index in [1.807, 2.05) is 25.1 Å². The van der Waals surface area contributed by atoms with Crippen molar-refractivity contribution in [2.75, 3.05) is 13.2 Å². The van der Waals surface area contributed by atoms with Gasteiger partial charge in [0, 0.05) is 6.04 Å². The molecule has 3 heteroatoms. The van der Waals surface area contributed by atoms with Crippen LogP contribution in [0, 0.1) is 0 Å². The first-order valence-corrected chi connectivity index (χ1v) is 5.40. The number of hydrogen-bond acceptors (Lipinski definition) is 3. The Bertz CT molecular complexity index is 287. The highest BCUT2D eigenvalue weighted by atomic mass is 16.5. The van der Waals surface area contributed by atoms with Gasteiger partial charge in [0.25, 0.3) is 0 Å². The Hall–Kier alpha value is -1.06. The van der Waals surface area contributed by atoms with Gasteiger partial charge in [0.15, 0.2) is 0 Å². The predicted molar refractivity (Wildman–Crippen MR) is 63.0 cm³/mol. The first-order valence-electron chi connectivity index (χ1n) is 5.40. The normalized spacial score (nSPS) is 12.5. The predicted octanol–water partition coefficient (Wildman–Crippen LogP) is 1.30. The number of ether oxygens (including phenoxy) is 1. The van der Waals surface area contributed by atoms with Crippen LogP contribution in [0.2, 0.25) is 0 Å². The van der Waals surface area contributed by atoms with Crippen LogP contribution in [0.5, 0.6) is 5.75 Å². The van der Waals surface area contributed by atoms with E-state index >= 15 is 0 Å². The Balaban J connectivity index is 2.60. The number of rotatable bonds is 6. The third-order valence-corrected chi connectivity index (χ3v) is 2.12. The number of para-hydroxylation sites is 1. The lowest BCUT2D eigenvalue weighted by Crippen LogP contribution is -2.18. The van der Waals surface area contributed by atoms with Crippen molar-refractivity contribution in [3.05, 3.63) is 29.8 Å². The van der Waals surface area contributed by atoms with E-state index in [0.717, 1.165) is 18.6 Å². The van der Waals surface area contributed by atoms with Crippen LogP contribution < -0.4 is 16.2 Å². The molecule has 0 saturated heterocycles. The van der Waals surface area contributed by atoms with Crippen molar-refractivity contribution >= 4 is 0 Å². The summed E-state index contributed by atoms with van der Waals surface area (Å²) in [5, 5.41) is 0. The van der Waals surface area contributed by atoms with Crippen LogP contribution in [0.15, 0.2) is 24.3 Å². The van der Waals surface area contributed by atoms with Crippen molar-refractivity contribution in [1.82, 2.24) is 0 Å². The molecule has 0 aliphatic carbocycles. The van der Waals surface area contributed by atoms with Gasteiger partial charge in [-0.05, 0) is 37.9 Å². The molecule has 4 N–H and O–H groups in total. The van der Waals surface area contributed by atoms with Gasteiger partial charge in [0.1, 0.15) is 5.75 Å². The van der Waals surface area contributed by atoms with E-state index in [1.54, 1.807) is 0 Å². The first-order chi connectivity index (χ1) is 7.24. The summed E-state index contributed by atoms with van der Waals surface area (Å²) in [4.78, 5) is 0. The van der Waals surface area contributed by atoms with Gasteiger partial charge >= 0.3 is 0 Å². The zero-order valence-corrected chi connectivity index (χ0v) is 9.28. The lowest BCUT2D eigenvalue weighted by atomic mass is 10.1. The summed E-state index contributed by atoms with van der Waals surface area (Å²) < 4.78 is 5.64. The average molecular weight is 208 g/mol. The molecule has 0 aromatic heterocycles. The molecule has 0 fully saturated rings. The maximum absolute atomic E-state index is 5.77. The largest absolute Gasteiger partial charge is 0.493 e. The highest BCUT2D eigenvalue weighted by molar-refractivity contribution is 5.33. The summed E-state index contributed by atoms with van der Waals surface area (Å²) in [5.74, 6) is 0.934. The van der Waals surface area contributed by atoms with E-state index in [2.05, 4.69) is 6.07 Å². The monoisotopic (exact) mass is 208 g/mol. The average Bonchev–Trinajstić information content (AvgIpc) is 2.20. The molecule has 1 rings (SSSR count). The highest BCUT2D eigenvalue weighted by Gasteiger charge is 2.04. The van der Waals surface area contributed by atoms with Crippen LogP contribution in [0.3, 0.4) is 0 Å². The fourth-order valence-corrected chi connectivity index (χ4v) is 1.43. The maximum Gasteiger partial charge on any atom is 0.122 e. The van der Waals surface area contributed by atoms with Crippen molar-refractivity contribution in [2.45, 2.75) is 25.8 Å². The lowest BCUT2D eigenvalue weighted by Gasteiger charge is -2.12. The minimum absolute atomic E-state index is 0.157. The molecular weight excluding hydrogens is 188 g/mol. The van der Waals surface area contributed by atoms with Gasteiger partial charge in [0.05, 0.1) is 6.61 Å². The number of benzene rings is 1. The number of hydrogen-bond donors (Lipinski definition) is 2. The van der Waals surface area contributed by atoms with E-state index < -0.39 is 0 Å². The lowest BCUT2D eigenvalue weighted by molar-refractivity contribution is 0.309. The molecule has 0 aliphatic rings. The van der Waals surface area contributed by atoms with E-state index in [9.17, 15) is 0 Å². The SMILES string of the molecule is CC(N)Cc1ccccc1OCCCN. The Morgan fingerprint density at radius 1 is 1.33 bits per heavy atom. The standard InChI is InChI=1S/C12H20N2O/c1-10(14)9-11-5-2-3-6-12(11)15-8-4-7-13/h2-3,5-6,10H,4,7-9,13-14H2,1H3. The van der Waals surface area contributed by atoms with Crippen LogP contribution in [-0.4, -0.2) is 19.2 Å². The van der Waals surface area contributed by atoms with Gasteiger partial charge in [-0.25, -0.2) is 0 Å². The van der Waals surface area contributed by atoms with E-state index in [1.165, 1.54) is 5.56 Å². The molecular formula is C12H20N2O. The van der Waals surface area contributed by atoms with Crippen molar-refractivity contribution in [3.63, 3.8) is 0 Å². The summed E-state index contributed by atoms with van der Waals surface area (Å²) in [5.41, 5.74) is 12.4. The Labute approximate surface area is 91.4 Å². The summed E-state index contributed by atoms with van der Waals surface area (Å²) in [7, 11) is 0. The summed E-state index contributed by atoms with van der Waals surface area (Å²) in [6, 6.07) is 8.18. The van der Waals surface area contributed by atoms with Crippen LogP contribution in [0.4, 0.5) is 0 Å². The smallest absolute Gasteiger partial charge is 0.122 e. The third-order valence-electron chi connectivity index (χ3n) is 2.12. The molecule has 0 aliphatic heterocycles. The molecule has 0 spiro atoms. The van der Waals surface area contributed by atoms with Crippen molar-refractivity contribution in [3.8, 4) is 5.75 Å². The van der Waals surface area contributed by atoms with Gasteiger partial charge in [-0.1, -0.05) is 18.2 Å². The highest BCUT2D eigenvalue weighted by Crippen LogP contribution is 2.19. The van der Waals surface area contributed by atoms with Gasteiger partial charge < -0.3 is 16.2 Å². The molecule has 0 bridgehead atoms. The van der Waals surface area contributed by atoms with Crippen molar-refractivity contribution in [1.29, 1.82) is 0 Å². The van der Waals surface area contributed by atoms with Crippen LogP contribution in [0.25, 0.3) is 0 Å². The first kappa shape index (κ1) is 12.0. The van der Waals surface area contributed by atoms with Crippen molar-refractivity contribution in [2.24, 2.45) is 11.5 Å². The third kappa shape index (κ3) is 4.32. The Kier molecular flexibility index (Phi) is 5.15. The van der Waals surface area contributed by atoms with Gasteiger partial charge in [-0.3, -0.25) is 0 Å². The second kappa shape index (κ2) is 6.43. The number of nitrogens with two attached hydrogens (primary N) is 2. The molecule has 1 aromatic carbocycles. The molecule has 1 unspecified atom stereocenters. The molecule has 0 amide bonds. The second-order valence-electron chi connectivity index (χ2n) is 3.78. The molecule has 0 heterocycles. The van der Waals surface area contributed by atoms with Crippen LogP contribution in [-0.2, 0) is 6.42 Å². The van der Waals surface area contributed by atoms with Gasteiger partial charge in [-0.15, -0.1) is 0 Å². The van der Waals surface area contributed by atoms with Crippen LogP contribution in [0.1, 0.15) is 18.9 Å². The molecule has 0 radical (unpaired) electrons. The second-order valence-corrected chi connectivity index (χ2v) is 3.78. The molecule has 0 saturated carbocycles. The zero-order chi connectivity index (χ0) is 11.1. The van der Waals surface area contributed by atoms with Gasteiger partial charge in [0.2, 0.25) is 0 Å². The summed E-state index contributed by atoms with van der Waals surface area (Å²) in [6.07, 6.45) is 1.73. The van der Waals surface area contributed by atoms with E-state index in [-0.39, 0.29) is 6.04 Å². The zero-order valence-electron chi connectivity index (χ0n) is 9.28. The minimum atomic E-state index is 0.157. The van der Waals surface area contributed by atoms with Crippen LogP contribution >= 0.6 is 0 Å². The van der Waals surface area contributed by atoms with Crippen molar-refractivity contribution < 1.29 is 4.74 Å². The quantitative estimate of drug-likeness (QED) is 0.693. The fraction of sp³-hybridized carbons (Fsp3) is 0.500. The fourth-order valence-electron chi connectivity index (χ4n) is 1.43. The Morgan fingerprint density at radius 2 is 2.07 bits per heavy atom. The van der Waals surface area contributed by atoms with Gasteiger partial charge in [-0.2, -0.15) is 0 Å². The summed E-state index contributed by atoms with van der Waals surface area (Å²) >= 11 is 0.